The SMILES string of the molecule is Clc1c(Cl)c(Cl)c2c(c1Cl)-c1c(Cl)c(Cl)c(Cl)c(Cl)c1-2. The smallest absolute Gasteiger partial charge is 0.0800 e. The molecule has 0 spiro atoms. The maximum Gasteiger partial charge on any atom is 0.0800 e. The molecule has 0 saturated carbocycles. The fraction of sp³-hybridized carbons (Fsp3) is 0. The van der Waals surface area contributed by atoms with Gasteiger partial charge in [-0.25, -0.2) is 0 Å². The summed E-state index contributed by atoms with van der Waals surface area (Å²) in [5.74, 6) is 0. The van der Waals surface area contributed by atoms with Gasteiger partial charge < -0.3 is 0 Å². The molecule has 0 amide bonds. The largest absolute Gasteiger partial charge is 0.0819 e. The standard InChI is InChI=1S/C12Cl8/c13-5-1-2(6(14)10(18)9(5)17)4-3(1)7(15)11(19)12(20)8(4)16. The zero-order valence-electron chi connectivity index (χ0n) is 9.02. The van der Waals surface area contributed by atoms with Crippen molar-refractivity contribution < 1.29 is 0 Å². The van der Waals surface area contributed by atoms with Crippen LogP contribution in [0.1, 0.15) is 0 Å². The van der Waals surface area contributed by atoms with Gasteiger partial charge >= 0.3 is 0 Å². The summed E-state index contributed by atoms with van der Waals surface area (Å²) in [4.78, 5) is 0. The third-order valence-corrected chi connectivity index (χ3v) is 6.64. The second-order valence-electron chi connectivity index (χ2n) is 4.01. The molecule has 0 bridgehead atoms. The van der Waals surface area contributed by atoms with Crippen LogP contribution in [-0.2, 0) is 0 Å². The third kappa shape index (κ3) is 1.84. The molecule has 2 aromatic rings. The van der Waals surface area contributed by atoms with Crippen LogP contribution in [0, 0.1) is 0 Å². The van der Waals surface area contributed by atoms with E-state index in [-0.39, 0.29) is 40.2 Å². The summed E-state index contributed by atoms with van der Waals surface area (Å²) in [6.45, 7) is 0. The summed E-state index contributed by atoms with van der Waals surface area (Å²) < 4.78 is 0. The van der Waals surface area contributed by atoms with Crippen LogP contribution in [0.2, 0.25) is 40.2 Å². The number of hydrogen-bond acceptors (Lipinski definition) is 0. The van der Waals surface area contributed by atoms with Crippen LogP contribution < -0.4 is 0 Å². The van der Waals surface area contributed by atoms with Gasteiger partial charge in [-0.05, 0) is 0 Å². The van der Waals surface area contributed by atoms with Crippen LogP contribution in [0.25, 0.3) is 22.3 Å². The maximum absolute atomic E-state index is 6.20. The lowest BCUT2D eigenvalue weighted by Gasteiger charge is -2.30. The molecule has 0 unspecified atom stereocenters. The average molecular weight is 428 g/mol. The molecule has 1 aliphatic carbocycles. The van der Waals surface area contributed by atoms with Gasteiger partial charge in [0.05, 0.1) is 40.2 Å². The number of hydrogen-bond donors (Lipinski definition) is 0. The Kier molecular flexibility index (Phi) is 4.03. The van der Waals surface area contributed by atoms with Crippen molar-refractivity contribution >= 4 is 92.8 Å². The molecule has 0 aliphatic heterocycles. The fourth-order valence-corrected chi connectivity index (χ4v) is 4.22. The van der Waals surface area contributed by atoms with Gasteiger partial charge in [-0.15, -0.1) is 0 Å². The number of fused-ring (bicyclic) bond motifs is 4. The summed E-state index contributed by atoms with van der Waals surface area (Å²) in [5, 5.41) is 1.61. The second kappa shape index (κ2) is 5.15. The van der Waals surface area contributed by atoms with E-state index in [1.807, 2.05) is 0 Å². The first kappa shape index (κ1) is 15.6. The highest BCUT2D eigenvalue weighted by atomic mass is 35.5. The van der Waals surface area contributed by atoms with Gasteiger partial charge in [-0.1, -0.05) is 92.8 Å². The van der Waals surface area contributed by atoms with E-state index >= 15 is 0 Å². The van der Waals surface area contributed by atoms with E-state index < -0.39 is 0 Å². The fourth-order valence-electron chi connectivity index (χ4n) is 2.14. The molecular formula is C12Cl8. The van der Waals surface area contributed by atoms with Crippen molar-refractivity contribution in [3.63, 3.8) is 0 Å². The summed E-state index contributed by atoms with van der Waals surface area (Å²) >= 11 is 49.0. The predicted octanol–water partition coefficient (Wildman–Crippen LogP) is 8.56. The first-order valence-corrected chi connectivity index (χ1v) is 8.04. The summed E-state index contributed by atoms with van der Waals surface area (Å²) in [6.07, 6.45) is 0. The van der Waals surface area contributed by atoms with Gasteiger partial charge in [-0.2, -0.15) is 0 Å². The molecule has 0 atom stereocenters. The van der Waals surface area contributed by atoms with Crippen LogP contribution in [0.4, 0.5) is 0 Å². The average Bonchev–Trinajstić information content (AvgIpc) is 2.39. The van der Waals surface area contributed by atoms with E-state index in [2.05, 4.69) is 0 Å². The lowest BCUT2D eigenvalue weighted by atomic mass is 9.80. The highest BCUT2D eigenvalue weighted by Gasteiger charge is 2.37. The molecule has 0 fully saturated rings. The van der Waals surface area contributed by atoms with Crippen molar-refractivity contribution in [3.05, 3.63) is 40.2 Å². The second-order valence-corrected chi connectivity index (χ2v) is 7.04. The molecule has 3 rings (SSSR count). The normalized spacial score (nSPS) is 12.0. The van der Waals surface area contributed by atoms with E-state index in [1.54, 1.807) is 0 Å². The molecule has 8 heteroatoms. The first-order chi connectivity index (χ1) is 9.29. The molecule has 0 N–H and O–H groups in total. The summed E-state index contributed by atoms with van der Waals surface area (Å²) in [5.41, 5.74) is 2.30. The molecule has 104 valence electrons. The Morgan fingerprint density at radius 3 is 0.550 bits per heavy atom. The van der Waals surface area contributed by atoms with Crippen molar-refractivity contribution in [2.45, 2.75) is 0 Å². The minimum atomic E-state index is 0.154. The van der Waals surface area contributed by atoms with Gasteiger partial charge in [0.25, 0.3) is 0 Å². The minimum Gasteiger partial charge on any atom is -0.0819 e. The molecule has 2 aromatic carbocycles. The Balaban J connectivity index is 2.49. The van der Waals surface area contributed by atoms with Gasteiger partial charge in [0.2, 0.25) is 0 Å². The molecule has 20 heavy (non-hydrogen) atoms. The van der Waals surface area contributed by atoms with Gasteiger partial charge in [0.15, 0.2) is 0 Å². The number of benzene rings is 2. The van der Waals surface area contributed by atoms with Crippen molar-refractivity contribution in [2.24, 2.45) is 0 Å². The topological polar surface area (TPSA) is 0 Å². The molecule has 0 aromatic heterocycles. The van der Waals surface area contributed by atoms with E-state index in [1.165, 1.54) is 0 Å². The van der Waals surface area contributed by atoms with Crippen LogP contribution >= 0.6 is 92.8 Å². The van der Waals surface area contributed by atoms with Crippen molar-refractivity contribution in [1.29, 1.82) is 0 Å². The molecule has 0 saturated heterocycles. The van der Waals surface area contributed by atoms with Crippen LogP contribution in [-0.4, -0.2) is 0 Å². The van der Waals surface area contributed by atoms with Crippen LogP contribution in [0.3, 0.4) is 0 Å². The molecular weight excluding hydrogens is 428 g/mol. The van der Waals surface area contributed by atoms with Gasteiger partial charge in [0.1, 0.15) is 0 Å². The zero-order chi connectivity index (χ0) is 14.9. The van der Waals surface area contributed by atoms with Crippen molar-refractivity contribution in [3.8, 4) is 22.3 Å². The van der Waals surface area contributed by atoms with Gasteiger partial charge in [0, 0.05) is 22.3 Å². The Morgan fingerprint density at radius 1 is 0.250 bits per heavy atom. The lowest BCUT2D eigenvalue weighted by molar-refractivity contribution is 1.51. The first-order valence-electron chi connectivity index (χ1n) is 5.01. The van der Waals surface area contributed by atoms with E-state index in [4.69, 9.17) is 92.8 Å². The zero-order valence-corrected chi connectivity index (χ0v) is 15.1. The maximum atomic E-state index is 6.20. The quantitative estimate of drug-likeness (QED) is 0.249. The molecule has 1 aliphatic rings. The molecule has 0 heterocycles. The summed E-state index contributed by atoms with van der Waals surface area (Å²) in [6, 6.07) is 0. The lowest BCUT2D eigenvalue weighted by Crippen LogP contribution is -2.05. The summed E-state index contributed by atoms with van der Waals surface area (Å²) in [7, 11) is 0. The monoisotopic (exact) mass is 424 g/mol. The Bertz CT molecular complexity index is 645. The minimum absolute atomic E-state index is 0.154. The van der Waals surface area contributed by atoms with E-state index in [9.17, 15) is 0 Å². The van der Waals surface area contributed by atoms with Crippen molar-refractivity contribution in [1.82, 2.24) is 0 Å². The Hall–Kier alpha value is 0.760. The van der Waals surface area contributed by atoms with E-state index in [0.29, 0.717) is 22.3 Å². The van der Waals surface area contributed by atoms with Gasteiger partial charge in [-0.3, -0.25) is 0 Å². The van der Waals surface area contributed by atoms with E-state index in [0.717, 1.165) is 0 Å². The van der Waals surface area contributed by atoms with Crippen LogP contribution in [0.15, 0.2) is 0 Å². The van der Waals surface area contributed by atoms with Crippen molar-refractivity contribution in [2.75, 3.05) is 0 Å². The number of rotatable bonds is 0. The highest BCUT2D eigenvalue weighted by Crippen LogP contribution is 2.64. The van der Waals surface area contributed by atoms with Crippen LogP contribution in [0.5, 0.6) is 0 Å². The molecule has 0 radical (unpaired) electrons. The molecule has 0 nitrogen and oxygen atoms in total. The highest BCUT2D eigenvalue weighted by molar-refractivity contribution is 6.59. The predicted molar refractivity (Wildman–Crippen MR) is 91.0 cm³/mol. The third-order valence-electron chi connectivity index (χ3n) is 3.03. The Labute approximate surface area is 154 Å². The Morgan fingerprint density at radius 2 is 0.400 bits per heavy atom. The number of halogens is 8.